The van der Waals surface area contributed by atoms with Gasteiger partial charge in [-0.1, -0.05) is 109 Å². The summed E-state index contributed by atoms with van der Waals surface area (Å²) >= 11 is 0. The molecule has 0 heterocycles. The maximum atomic E-state index is 12.5. The lowest BCUT2D eigenvalue weighted by molar-refractivity contribution is -0.126. The van der Waals surface area contributed by atoms with E-state index in [1.54, 1.807) is 0 Å². The molecule has 1 atom stereocenters. The first-order valence-corrected chi connectivity index (χ1v) is 12.8. The molecule has 0 aromatic heterocycles. The number of rotatable bonds is 8. The molecule has 3 heteroatoms. The number of carbonyl (C=O) groups is 1. The number of ketones is 1. The lowest BCUT2D eigenvalue weighted by atomic mass is 9.87. The Morgan fingerprint density at radius 3 is 1.66 bits per heavy atom. The van der Waals surface area contributed by atoms with Crippen LogP contribution in [0.1, 0.15) is 67.7 Å². The highest BCUT2D eigenvalue weighted by atomic mass is 28.4. The van der Waals surface area contributed by atoms with E-state index in [0.29, 0.717) is 12.2 Å². The Balaban J connectivity index is 2.48. The molecule has 0 aliphatic heterocycles. The van der Waals surface area contributed by atoms with Crippen LogP contribution in [0.15, 0.2) is 60.7 Å². The summed E-state index contributed by atoms with van der Waals surface area (Å²) in [6.07, 6.45) is 2.31. The molecular weight excluding hydrogens is 372 g/mol. The Hall–Kier alpha value is -1.71. The SMILES string of the molecule is CCC(CCC(=O)C(C)(C)C)O[Si](c1ccccc1)(c1ccccc1)C(C)(C)C. The predicted octanol–water partition coefficient (Wildman–Crippen LogP) is 5.74. The summed E-state index contributed by atoms with van der Waals surface area (Å²) in [5, 5.41) is 2.54. The molecule has 0 fully saturated rings. The fourth-order valence-corrected chi connectivity index (χ4v) is 8.75. The van der Waals surface area contributed by atoms with E-state index in [0.717, 1.165) is 12.8 Å². The van der Waals surface area contributed by atoms with Gasteiger partial charge in [0.1, 0.15) is 5.78 Å². The highest BCUT2D eigenvalue weighted by Gasteiger charge is 2.51. The zero-order valence-corrected chi connectivity index (χ0v) is 20.3. The first-order valence-electron chi connectivity index (χ1n) is 10.8. The van der Waals surface area contributed by atoms with E-state index < -0.39 is 8.32 Å². The molecule has 0 radical (unpaired) electrons. The van der Waals surface area contributed by atoms with Crippen molar-refractivity contribution in [2.45, 2.75) is 78.9 Å². The van der Waals surface area contributed by atoms with Crippen LogP contribution in [0.4, 0.5) is 0 Å². The van der Waals surface area contributed by atoms with Crippen molar-refractivity contribution in [3.05, 3.63) is 60.7 Å². The summed E-state index contributed by atoms with van der Waals surface area (Å²) in [5.41, 5.74) is -0.296. The van der Waals surface area contributed by atoms with Crippen LogP contribution in [0, 0.1) is 5.41 Å². The highest BCUT2D eigenvalue weighted by Crippen LogP contribution is 2.38. The van der Waals surface area contributed by atoms with E-state index in [1.165, 1.54) is 10.4 Å². The Labute approximate surface area is 178 Å². The van der Waals surface area contributed by atoms with Crippen molar-refractivity contribution in [1.82, 2.24) is 0 Å². The molecule has 0 amide bonds. The van der Waals surface area contributed by atoms with Gasteiger partial charge in [0.15, 0.2) is 0 Å². The maximum Gasteiger partial charge on any atom is 0.261 e. The fraction of sp³-hybridized carbons (Fsp3) is 0.500. The topological polar surface area (TPSA) is 26.3 Å². The van der Waals surface area contributed by atoms with Crippen molar-refractivity contribution in [1.29, 1.82) is 0 Å². The first-order chi connectivity index (χ1) is 13.5. The van der Waals surface area contributed by atoms with E-state index in [9.17, 15) is 4.79 Å². The molecular formula is C26H38O2Si. The van der Waals surface area contributed by atoms with E-state index in [-0.39, 0.29) is 16.6 Å². The van der Waals surface area contributed by atoms with Gasteiger partial charge in [0.2, 0.25) is 0 Å². The van der Waals surface area contributed by atoms with Gasteiger partial charge in [0.25, 0.3) is 8.32 Å². The average molecular weight is 411 g/mol. The minimum Gasteiger partial charge on any atom is -0.404 e. The third-order valence-electron chi connectivity index (χ3n) is 5.75. The van der Waals surface area contributed by atoms with Crippen LogP contribution >= 0.6 is 0 Å². The van der Waals surface area contributed by atoms with Gasteiger partial charge in [0.05, 0.1) is 0 Å². The second-order valence-corrected chi connectivity index (χ2v) is 14.3. The smallest absolute Gasteiger partial charge is 0.261 e. The quantitative estimate of drug-likeness (QED) is 0.519. The number of hydrogen-bond donors (Lipinski definition) is 0. The monoisotopic (exact) mass is 410 g/mol. The summed E-state index contributed by atoms with van der Waals surface area (Å²) in [7, 11) is -2.56. The summed E-state index contributed by atoms with van der Waals surface area (Å²) in [6.45, 7) is 15.1. The van der Waals surface area contributed by atoms with Crippen molar-refractivity contribution >= 4 is 24.5 Å². The summed E-state index contributed by atoms with van der Waals surface area (Å²) in [5.74, 6) is 0.307. The van der Waals surface area contributed by atoms with E-state index in [2.05, 4.69) is 88.4 Å². The second kappa shape index (κ2) is 9.40. The van der Waals surface area contributed by atoms with Crippen molar-refractivity contribution in [3.8, 4) is 0 Å². The second-order valence-electron chi connectivity index (χ2n) is 10.0. The van der Waals surface area contributed by atoms with Gasteiger partial charge in [-0.05, 0) is 28.3 Å². The van der Waals surface area contributed by atoms with Crippen LogP contribution in [0.25, 0.3) is 0 Å². The van der Waals surface area contributed by atoms with Crippen LogP contribution in [-0.4, -0.2) is 20.2 Å². The molecule has 0 spiro atoms. The average Bonchev–Trinajstić information content (AvgIpc) is 2.67. The minimum absolute atomic E-state index is 0.0445. The maximum absolute atomic E-state index is 12.5. The third-order valence-corrected chi connectivity index (χ3v) is 10.8. The molecule has 0 aliphatic rings. The Kier molecular flexibility index (Phi) is 7.64. The standard InChI is InChI=1S/C26H38O2Si/c1-8-21(19-20-24(27)25(2,3)4)28-29(26(5,6)7,22-15-11-9-12-16-22)23-17-13-10-14-18-23/h9-18,21H,8,19-20H2,1-7H3. The van der Waals surface area contributed by atoms with Crippen molar-refractivity contribution in [2.24, 2.45) is 5.41 Å². The highest BCUT2D eigenvalue weighted by molar-refractivity contribution is 6.99. The molecule has 2 nitrogen and oxygen atoms in total. The van der Waals surface area contributed by atoms with Crippen molar-refractivity contribution in [2.75, 3.05) is 0 Å². The number of Topliss-reactive ketones (excluding diaryl/α,β-unsaturated/α-hetero) is 1. The minimum atomic E-state index is -2.56. The molecule has 2 aromatic rings. The molecule has 0 N–H and O–H groups in total. The lowest BCUT2D eigenvalue weighted by Gasteiger charge is -2.45. The van der Waals surface area contributed by atoms with Crippen LogP contribution in [0.2, 0.25) is 5.04 Å². The van der Waals surface area contributed by atoms with Crippen LogP contribution in [-0.2, 0) is 9.22 Å². The molecule has 0 saturated heterocycles. The van der Waals surface area contributed by atoms with Crippen molar-refractivity contribution in [3.63, 3.8) is 0 Å². The first kappa shape index (κ1) is 23.6. The van der Waals surface area contributed by atoms with Gasteiger partial charge in [-0.2, -0.15) is 0 Å². The fourth-order valence-electron chi connectivity index (χ4n) is 3.95. The number of benzene rings is 2. The van der Waals surface area contributed by atoms with Crippen LogP contribution in [0.5, 0.6) is 0 Å². The molecule has 0 bridgehead atoms. The van der Waals surface area contributed by atoms with Crippen LogP contribution < -0.4 is 10.4 Å². The Bertz CT molecular complexity index is 730. The third kappa shape index (κ3) is 5.46. The van der Waals surface area contributed by atoms with Gasteiger partial charge in [-0.25, -0.2) is 0 Å². The molecule has 1 unspecified atom stereocenters. The zero-order chi connectivity index (χ0) is 21.7. The summed E-state index contributed by atoms with van der Waals surface area (Å²) in [4.78, 5) is 12.5. The predicted molar refractivity (Wildman–Crippen MR) is 126 cm³/mol. The zero-order valence-electron chi connectivity index (χ0n) is 19.3. The van der Waals surface area contributed by atoms with E-state index >= 15 is 0 Å². The Morgan fingerprint density at radius 1 is 0.862 bits per heavy atom. The number of hydrogen-bond acceptors (Lipinski definition) is 2. The van der Waals surface area contributed by atoms with Crippen LogP contribution in [0.3, 0.4) is 0 Å². The molecule has 2 aromatic carbocycles. The van der Waals surface area contributed by atoms with E-state index in [1.807, 2.05) is 20.8 Å². The summed E-state index contributed by atoms with van der Waals surface area (Å²) < 4.78 is 7.17. The molecule has 0 saturated carbocycles. The van der Waals surface area contributed by atoms with Gasteiger partial charge in [0, 0.05) is 17.9 Å². The molecule has 2 rings (SSSR count). The van der Waals surface area contributed by atoms with Gasteiger partial charge in [-0.15, -0.1) is 0 Å². The van der Waals surface area contributed by atoms with Gasteiger partial charge < -0.3 is 4.43 Å². The van der Waals surface area contributed by atoms with Gasteiger partial charge in [-0.3, -0.25) is 4.79 Å². The molecule has 158 valence electrons. The van der Waals surface area contributed by atoms with Gasteiger partial charge >= 0.3 is 0 Å². The normalized spacial score (nSPS) is 13.9. The summed E-state index contributed by atoms with van der Waals surface area (Å²) in [6, 6.07) is 21.5. The molecule has 0 aliphatic carbocycles. The largest absolute Gasteiger partial charge is 0.404 e. The number of carbonyl (C=O) groups excluding carboxylic acids is 1. The Morgan fingerprint density at radius 2 is 1.31 bits per heavy atom. The lowest BCUT2D eigenvalue weighted by Crippen LogP contribution is -2.67. The van der Waals surface area contributed by atoms with E-state index in [4.69, 9.17) is 4.43 Å². The van der Waals surface area contributed by atoms with Crippen molar-refractivity contribution < 1.29 is 9.22 Å². The molecule has 29 heavy (non-hydrogen) atoms.